The van der Waals surface area contributed by atoms with Crippen molar-refractivity contribution in [1.82, 2.24) is 0 Å². The normalized spacial score (nSPS) is 17.8. The van der Waals surface area contributed by atoms with Gasteiger partial charge in [0.05, 0.1) is 5.69 Å². The van der Waals surface area contributed by atoms with Crippen LogP contribution in [0.4, 0.5) is 5.69 Å². The third-order valence-corrected chi connectivity index (χ3v) is 4.80. The van der Waals surface area contributed by atoms with Crippen LogP contribution in [0.25, 0.3) is 0 Å². The fourth-order valence-electron chi connectivity index (χ4n) is 3.07. The van der Waals surface area contributed by atoms with Gasteiger partial charge in [-0.15, -0.1) is 0 Å². The molecule has 3 nitrogen and oxygen atoms in total. The smallest absolute Gasteiger partial charge is 0.230 e. The Bertz CT molecular complexity index is 563. The molecule has 0 saturated heterocycles. The molecule has 2 rings (SSSR count). The number of hydrogen-bond donors (Lipinski definition) is 1. The van der Waals surface area contributed by atoms with E-state index in [1.165, 1.54) is 6.42 Å². The van der Waals surface area contributed by atoms with Crippen molar-refractivity contribution in [2.45, 2.75) is 65.2 Å². The summed E-state index contributed by atoms with van der Waals surface area (Å²) < 4.78 is 0. The second-order valence-corrected chi connectivity index (χ2v) is 7.75. The maximum atomic E-state index is 12.7. The molecule has 0 aromatic heterocycles. The van der Waals surface area contributed by atoms with Crippen LogP contribution in [0.15, 0.2) is 18.2 Å². The van der Waals surface area contributed by atoms with E-state index in [0.29, 0.717) is 11.3 Å². The van der Waals surface area contributed by atoms with Crippen LogP contribution in [-0.2, 0) is 10.2 Å². The van der Waals surface area contributed by atoms with Crippen molar-refractivity contribution in [3.63, 3.8) is 0 Å². The molecule has 0 aliphatic heterocycles. The standard InChI is InChI=1S/C19H27NO2/c1-18(2,3)15-9-8-14(13-21)16(12-15)20-17(22)19(4)10-6-5-7-11-19/h8-9,12-13H,5-7,10-11H2,1-4H3,(H,20,22). The molecule has 0 radical (unpaired) electrons. The number of rotatable bonds is 3. The Labute approximate surface area is 133 Å². The van der Waals surface area contributed by atoms with Crippen molar-refractivity contribution in [1.29, 1.82) is 0 Å². The van der Waals surface area contributed by atoms with Crippen molar-refractivity contribution in [2.75, 3.05) is 5.32 Å². The lowest BCUT2D eigenvalue weighted by molar-refractivity contribution is -0.126. The SMILES string of the molecule is CC1(C(=O)Nc2cc(C(C)(C)C)ccc2C=O)CCCCC1. The van der Waals surface area contributed by atoms with Gasteiger partial charge in [-0.2, -0.15) is 0 Å². The fourth-order valence-corrected chi connectivity index (χ4v) is 3.07. The minimum atomic E-state index is -0.309. The molecule has 1 N–H and O–H groups in total. The van der Waals surface area contributed by atoms with Gasteiger partial charge in [-0.05, 0) is 36.0 Å². The van der Waals surface area contributed by atoms with E-state index in [4.69, 9.17) is 0 Å². The van der Waals surface area contributed by atoms with Gasteiger partial charge >= 0.3 is 0 Å². The first-order valence-corrected chi connectivity index (χ1v) is 8.17. The summed E-state index contributed by atoms with van der Waals surface area (Å²) in [6.45, 7) is 8.40. The molecule has 1 aromatic carbocycles. The molecule has 1 fully saturated rings. The summed E-state index contributed by atoms with van der Waals surface area (Å²) in [4.78, 5) is 24.0. The molecule has 0 atom stereocenters. The van der Waals surface area contributed by atoms with Crippen LogP contribution in [0.3, 0.4) is 0 Å². The lowest BCUT2D eigenvalue weighted by Crippen LogP contribution is -2.35. The second kappa shape index (κ2) is 6.23. The Morgan fingerprint density at radius 2 is 1.82 bits per heavy atom. The Morgan fingerprint density at radius 3 is 2.36 bits per heavy atom. The number of nitrogens with one attached hydrogen (secondary N) is 1. The van der Waals surface area contributed by atoms with Crippen molar-refractivity contribution in [2.24, 2.45) is 5.41 Å². The van der Waals surface area contributed by atoms with Crippen LogP contribution in [0.1, 0.15) is 75.7 Å². The summed E-state index contributed by atoms with van der Waals surface area (Å²) in [5.41, 5.74) is 1.97. The Morgan fingerprint density at radius 1 is 1.18 bits per heavy atom. The van der Waals surface area contributed by atoms with Gasteiger partial charge in [0.25, 0.3) is 0 Å². The first kappa shape index (κ1) is 16.7. The predicted octanol–water partition coefficient (Wildman–Crippen LogP) is 4.71. The van der Waals surface area contributed by atoms with Crippen molar-refractivity contribution in [3.05, 3.63) is 29.3 Å². The van der Waals surface area contributed by atoms with Gasteiger partial charge in [-0.1, -0.05) is 53.0 Å². The van der Waals surface area contributed by atoms with Gasteiger partial charge in [0.2, 0.25) is 5.91 Å². The average molecular weight is 301 g/mol. The fraction of sp³-hybridized carbons (Fsp3) is 0.579. The first-order valence-electron chi connectivity index (χ1n) is 8.17. The van der Waals surface area contributed by atoms with Crippen LogP contribution < -0.4 is 5.32 Å². The van der Waals surface area contributed by atoms with E-state index >= 15 is 0 Å². The number of benzene rings is 1. The molecular weight excluding hydrogens is 274 g/mol. The number of hydrogen-bond acceptors (Lipinski definition) is 2. The Balaban J connectivity index is 2.27. The predicted molar refractivity (Wildman–Crippen MR) is 90.4 cm³/mol. The average Bonchev–Trinajstić information content (AvgIpc) is 2.47. The van der Waals surface area contributed by atoms with E-state index in [9.17, 15) is 9.59 Å². The maximum Gasteiger partial charge on any atom is 0.230 e. The van der Waals surface area contributed by atoms with Crippen molar-refractivity contribution in [3.8, 4) is 0 Å². The summed E-state index contributed by atoms with van der Waals surface area (Å²) in [5.74, 6) is 0.0429. The van der Waals surface area contributed by atoms with Gasteiger partial charge in [0.1, 0.15) is 0 Å². The van der Waals surface area contributed by atoms with Gasteiger partial charge < -0.3 is 5.32 Å². The summed E-state index contributed by atoms with van der Waals surface area (Å²) in [7, 11) is 0. The van der Waals surface area contributed by atoms with Gasteiger partial charge in [-0.3, -0.25) is 9.59 Å². The molecule has 0 spiro atoms. The van der Waals surface area contributed by atoms with Crippen molar-refractivity contribution >= 4 is 17.9 Å². The summed E-state index contributed by atoms with van der Waals surface area (Å²) in [6.07, 6.45) is 6.08. The number of carbonyl (C=O) groups is 2. The first-order chi connectivity index (χ1) is 10.3. The molecule has 1 saturated carbocycles. The topological polar surface area (TPSA) is 46.2 Å². The zero-order valence-electron chi connectivity index (χ0n) is 14.2. The zero-order chi connectivity index (χ0) is 16.4. The molecule has 0 unspecified atom stereocenters. The molecule has 1 aliphatic carbocycles. The highest BCUT2D eigenvalue weighted by Crippen LogP contribution is 2.37. The summed E-state index contributed by atoms with van der Waals surface area (Å²) in [5, 5.41) is 3.01. The molecule has 120 valence electrons. The van der Waals surface area contributed by atoms with Gasteiger partial charge in [0.15, 0.2) is 6.29 Å². The minimum Gasteiger partial charge on any atom is -0.325 e. The van der Waals surface area contributed by atoms with Gasteiger partial charge in [-0.25, -0.2) is 0 Å². The molecule has 3 heteroatoms. The lowest BCUT2D eigenvalue weighted by atomic mass is 9.75. The highest BCUT2D eigenvalue weighted by Gasteiger charge is 2.34. The number of amides is 1. The molecule has 0 heterocycles. The highest BCUT2D eigenvalue weighted by atomic mass is 16.2. The van der Waals surface area contributed by atoms with Crippen molar-refractivity contribution < 1.29 is 9.59 Å². The highest BCUT2D eigenvalue weighted by molar-refractivity contribution is 5.99. The van der Waals surface area contributed by atoms with Crippen LogP contribution in [0, 0.1) is 5.41 Å². The molecule has 22 heavy (non-hydrogen) atoms. The van der Waals surface area contributed by atoms with E-state index in [-0.39, 0.29) is 16.7 Å². The van der Waals surface area contributed by atoms with Gasteiger partial charge in [0, 0.05) is 11.0 Å². The summed E-state index contributed by atoms with van der Waals surface area (Å²) in [6, 6.07) is 5.70. The number of anilines is 1. The number of carbonyl (C=O) groups excluding carboxylic acids is 2. The van der Waals surface area contributed by atoms with E-state index in [2.05, 4.69) is 26.1 Å². The number of aldehydes is 1. The van der Waals surface area contributed by atoms with E-state index < -0.39 is 0 Å². The monoisotopic (exact) mass is 301 g/mol. The third-order valence-electron chi connectivity index (χ3n) is 4.80. The molecule has 1 amide bonds. The maximum absolute atomic E-state index is 12.7. The van der Waals surface area contributed by atoms with E-state index in [1.807, 2.05) is 19.1 Å². The molecule has 1 aromatic rings. The Hall–Kier alpha value is -1.64. The van der Waals surface area contributed by atoms with Crippen LogP contribution in [0.5, 0.6) is 0 Å². The second-order valence-electron chi connectivity index (χ2n) is 7.75. The zero-order valence-corrected chi connectivity index (χ0v) is 14.2. The Kier molecular flexibility index (Phi) is 4.74. The van der Waals surface area contributed by atoms with Crippen LogP contribution >= 0.6 is 0 Å². The minimum absolute atomic E-state index is 0.0182. The van der Waals surface area contributed by atoms with E-state index in [0.717, 1.165) is 37.5 Å². The molecule has 0 bridgehead atoms. The summed E-state index contributed by atoms with van der Waals surface area (Å²) >= 11 is 0. The van der Waals surface area contributed by atoms with E-state index in [1.54, 1.807) is 6.07 Å². The largest absolute Gasteiger partial charge is 0.325 e. The quantitative estimate of drug-likeness (QED) is 0.822. The lowest BCUT2D eigenvalue weighted by Gasteiger charge is -2.32. The molecule has 1 aliphatic rings. The van der Waals surface area contributed by atoms with Crippen LogP contribution in [-0.4, -0.2) is 12.2 Å². The molecular formula is C19H27NO2. The van der Waals surface area contributed by atoms with Crippen LogP contribution in [0.2, 0.25) is 0 Å². The third kappa shape index (κ3) is 3.57.